The molecule has 4 heteroatoms. The first-order valence-electron chi connectivity index (χ1n) is 6.60. The van der Waals surface area contributed by atoms with Crippen molar-refractivity contribution in [3.05, 3.63) is 29.8 Å². The van der Waals surface area contributed by atoms with Gasteiger partial charge in [-0.05, 0) is 24.5 Å². The number of carbonyl (C=O) groups excluding carboxylic acids is 1. The van der Waals surface area contributed by atoms with E-state index in [0.717, 1.165) is 31.6 Å². The van der Waals surface area contributed by atoms with Crippen molar-refractivity contribution >= 4 is 11.6 Å². The average Bonchev–Trinajstić information content (AvgIpc) is 2.60. The third-order valence-corrected chi connectivity index (χ3v) is 3.46. The van der Waals surface area contributed by atoms with Crippen LogP contribution in [0.15, 0.2) is 24.3 Å². The van der Waals surface area contributed by atoms with Gasteiger partial charge in [-0.15, -0.1) is 0 Å². The third-order valence-electron chi connectivity index (χ3n) is 3.46. The van der Waals surface area contributed by atoms with Crippen LogP contribution in [0.5, 0.6) is 0 Å². The van der Waals surface area contributed by atoms with Crippen molar-refractivity contribution in [2.45, 2.75) is 25.8 Å². The first kappa shape index (κ1) is 12.9. The van der Waals surface area contributed by atoms with E-state index in [1.807, 2.05) is 12.1 Å². The number of rotatable bonds is 3. The molecule has 0 saturated carbocycles. The molecule has 1 fully saturated rings. The molecule has 0 aromatic heterocycles. The molecule has 1 saturated heterocycles. The number of anilines is 1. The zero-order chi connectivity index (χ0) is 13.0. The van der Waals surface area contributed by atoms with Gasteiger partial charge in [-0.1, -0.05) is 25.1 Å². The highest BCUT2D eigenvalue weighted by Crippen LogP contribution is 2.24. The maximum Gasteiger partial charge on any atom is 0.244 e. The molecule has 98 valence electrons. The standard InChI is InChI=1S/C14H21N3O/c1-2-11-6-3-4-7-12(11)17-9-5-8-16-14(18)13(17)10-15/h3-4,6-7,13H,2,5,8-10,15H2,1H3,(H,16,18). The number of nitrogens with one attached hydrogen (secondary N) is 1. The van der Waals surface area contributed by atoms with Crippen LogP contribution in [0, 0.1) is 0 Å². The fourth-order valence-electron chi connectivity index (χ4n) is 2.49. The highest BCUT2D eigenvalue weighted by Gasteiger charge is 2.27. The van der Waals surface area contributed by atoms with Gasteiger partial charge in [0.25, 0.3) is 0 Å². The zero-order valence-electron chi connectivity index (χ0n) is 10.9. The van der Waals surface area contributed by atoms with Gasteiger partial charge in [-0.2, -0.15) is 0 Å². The fourth-order valence-corrected chi connectivity index (χ4v) is 2.49. The molecule has 1 aromatic carbocycles. The quantitative estimate of drug-likeness (QED) is 0.834. The minimum atomic E-state index is -0.250. The summed E-state index contributed by atoms with van der Waals surface area (Å²) in [5.74, 6) is 0.0425. The van der Waals surface area contributed by atoms with E-state index in [4.69, 9.17) is 5.73 Å². The van der Waals surface area contributed by atoms with Crippen LogP contribution in [0.2, 0.25) is 0 Å². The van der Waals surface area contributed by atoms with Gasteiger partial charge < -0.3 is 16.0 Å². The van der Waals surface area contributed by atoms with E-state index < -0.39 is 0 Å². The summed E-state index contributed by atoms with van der Waals surface area (Å²) in [6.07, 6.45) is 1.92. The van der Waals surface area contributed by atoms with Gasteiger partial charge in [-0.3, -0.25) is 4.79 Å². The number of benzene rings is 1. The first-order valence-corrected chi connectivity index (χ1v) is 6.60. The van der Waals surface area contributed by atoms with Crippen molar-refractivity contribution in [1.29, 1.82) is 0 Å². The topological polar surface area (TPSA) is 58.4 Å². The van der Waals surface area contributed by atoms with Crippen LogP contribution in [0.4, 0.5) is 5.69 Å². The summed E-state index contributed by atoms with van der Waals surface area (Å²) < 4.78 is 0. The highest BCUT2D eigenvalue weighted by molar-refractivity contribution is 5.86. The van der Waals surface area contributed by atoms with Crippen molar-refractivity contribution in [2.75, 3.05) is 24.5 Å². The Morgan fingerprint density at radius 1 is 1.44 bits per heavy atom. The van der Waals surface area contributed by atoms with Crippen molar-refractivity contribution in [1.82, 2.24) is 5.32 Å². The zero-order valence-corrected chi connectivity index (χ0v) is 10.9. The fraction of sp³-hybridized carbons (Fsp3) is 0.500. The predicted octanol–water partition coefficient (Wildman–Crippen LogP) is 0.903. The van der Waals surface area contributed by atoms with Crippen LogP contribution in [0.25, 0.3) is 0 Å². The van der Waals surface area contributed by atoms with Crippen molar-refractivity contribution in [3.63, 3.8) is 0 Å². The molecule has 1 atom stereocenters. The molecule has 1 aliphatic heterocycles. The number of hydrogen-bond donors (Lipinski definition) is 2. The molecule has 1 unspecified atom stereocenters. The smallest absolute Gasteiger partial charge is 0.244 e. The molecule has 0 radical (unpaired) electrons. The summed E-state index contributed by atoms with van der Waals surface area (Å²) in [5, 5.41) is 2.92. The molecule has 3 N–H and O–H groups in total. The molecule has 1 aromatic rings. The maximum absolute atomic E-state index is 12.0. The number of hydrogen-bond acceptors (Lipinski definition) is 3. The molecular formula is C14H21N3O. The van der Waals surface area contributed by atoms with Crippen LogP contribution in [0.1, 0.15) is 18.9 Å². The SMILES string of the molecule is CCc1ccccc1N1CCCNC(=O)C1CN. The second kappa shape index (κ2) is 5.87. The summed E-state index contributed by atoms with van der Waals surface area (Å²) in [7, 11) is 0. The monoisotopic (exact) mass is 247 g/mol. The number of nitrogens with zero attached hydrogens (tertiary/aromatic N) is 1. The minimum Gasteiger partial charge on any atom is -0.358 e. The van der Waals surface area contributed by atoms with Gasteiger partial charge in [0, 0.05) is 25.3 Å². The van der Waals surface area contributed by atoms with Gasteiger partial charge in [0.05, 0.1) is 0 Å². The molecule has 2 rings (SSSR count). The summed E-state index contributed by atoms with van der Waals surface area (Å²) >= 11 is 0. The van der Waals surface area contributed by atoms with Gasteiger partial charge in [0.15, 0.2) is 0 Å². The van der Waals surface area contributed by atoms with E-state index >= 15 is 0 Å². The molecule has 0 aliphatic carbocycles. The van der Waals surface area contributed by atoms with Crippen LogP contribution >= 0.6 is 0 Å². The Morgan fingerprint density at radius 2 is 2.22 bits per heavy atom. The van der Waals surface area contributed by atoms with Crippen LogP contribution in [-0.2, 0) is 11.2 Å². The Kier molecular flexibility index (Phi) is 4.20. The number of nitrogens with two attached hydrogens (primary N) is 1. The molecule has 18 heavy (non-hydrogen) atoms. The summed E-state index contributed by atoms with van der Waals surface area (Å²) in [6, 6.07) is 8.01. The lowest BCUT2D eigenvalue weighted by atomic mass is 10.1. The van der Waals surface area contributed by atoms with E-state index in [2.05, 4.69) is 29.3 Å². The van der Waals surface area contributed by atoms with Gasteiger partial charge >= 0.3 is 0 Å². The van der Waals surface area contributed by atoms with Crippen molar-refractivity contribution in [3.8, 4) is 0 Å². The van der Waals surface area contributed by atoms with Gasteiger partial charge in [0.2, 0.25) is 5.91 Å². The summed E-state index contributed by atoms with van der Waals surface area (Å²) in [4.78, 5) is 14.1. The Bertz CT molecular complexity index is 419. The normalized spacial score (nSPS) is 20.4. The molecule has 0 spiro atoms. The second-order valence-corrected chi connectivity index (χ2v) is 4.57. The molecule has 1 amide bonds. The summed E-state index contributed by atoms with van der Waals surface area (Å²) in [5.41, 5.74) is 8.19. The number of aryl methyl sites for hydroxylation is 1. The Hall–Kier alpha value is -1.55. The van der Waals surface area contributed by atoms with Gasteiger partial charge in [0.1, 0.15) is 6.04 Å². The third kappa shape index (κ3) is 2.48. The Balaban J connectivity index is 2.36. The number of amides is 1. The number of para-hydroxylation sites is 1. The summed E-state index contributed by atoms with van der Waals surface area (Å²) in [6.45, 7) is 4.09. The molecule has 1 heterocycles. The molecule has 0 bridgehead atoms. The van der Waals surface area contributed by atoms with Crippen LogP contribution in [0.3, 0.4) is 0 Å². The van der Waals surface area contributed by atoms with E-state index in [1.165, 1.54) is 5.56 Å². The first-order chi connectivity index (χ1) is 8.77. The number of carbonyl (C=O) groups is 1. The predicted molar refractivity (Wildman–Crippen MR) is 73.6 cm³/mol. The van der Waals surface area contributed by atoms with Crippen LogP contribution in [-0.4, -0.2) is 31.6 Å². The van der Waals surface area contributed by atoms with E-state index in [0.29, 0.717) is 6.54 Å². The minimum absolute atomic E-state index is 0.0425. The second-order valence-electron chi connectivity index (χ2n) is 4.57. The highest BCUT2D eigenvalue weighted by atomic mass is 16.2. The average molecular weight is 247 g/mol. The lowest BCUT2D eigenvalue weighted by Gasteiger charge is -2.31. The lowest BCUT2D eigenvalue weighted by molar-refractivity contribution is -0.121. The van der Waals surface area contributed by atoms with E-state index in [9.17, 15) is 4.79 Å². The lowest BCUT2D eigenvalue weighted by Crippen LogP contribution is -2.49. The molecule has 4 nitrogen and oxygen atoms in total. The van der Waals surface area contributed by atoms with E-state index in [-0.39, 0.29) is 11.9 Å². The van der Waals surface area contributed by atoms with Gasteiger partial charge in [-0.25, -0.2) is 0 Å². The largest absolute Gasteiger partial charge is 0.358 e. The van der Waals surface area contributed by atoms with Crippen molar-refractivity contribution in [2.24, 2.45) is 5.73 Å². The Labute approximate surface area is 108 Å². The molecule has 1 aliphatic rings. The van der Waals surface area contributed by atoms with Crippen molar-refractivity contribution < 1.29 is 4.79 Å². The maximum atomic E-state index is 12.0. The Morgan fingerprint density at radius 3 is 2.94 bits per heavy atom. The molecular weight excluding hydrogens is 226 g/mol. The van der Waals surface area contributed by atoms with Crippen LogP contribution < -0.4 is 16.0 Å². The van der Waals surface area contributed by atoms with E-state index in [1.54, 1.807) is 0 Å².